The molecule has 1 atom stereocenters. The van der Waals surface area contributed by atoms with Gasteiger partial charge >= 0.3 is 5.69 Å². The van der Waals surface area contributed by atoms with Crippen molar-refractivity contribution in [3.63, 3.8) is 0 Å². The molecular formula is C17H19N3O4. The molecule has 1 aromatic heterocycles. The summed E-state index contributed by atoms with van der Waals surface area (Å²) in [5, 5.41) is 10.3. The van der Waals surface area contributed by atoms with Gasteiger partial charge in [-0.05, 0) is 31.9 Å². The fourth-order valence-corrected chi connectivity index (χ4v) is 2.62. The molecule has 126 valence electrons. The van der Waals surface area contributed by atoms with Crippen molar-refractivity contribution in [3.05, 3.63) is 56.2 Å². The van der Waals surface area contributed by atoms with E-state index in [-0.39, 0.29) is 18.2 Å². The Balaban J connectivity index is 1.93. The first kappa shape index (κ1) is 16.2. The van der Waals surface area contributed by atoms with Crippen LogP contribution >= 0.6 is 0 Å². The van der Waals surface area contributed by atoms with E-state index in [2.05, 4.69) is 9.98 Å². The molecule has 2 aromatic rings. The normalized spacial score (nSPS) is 17.6. The molecule has 0 saturated carbocycles. The highest BCUT2D eigenvalue weighted by Gasteiger charge is 2.20. The predicted molar refractivity (Wildman–Crippen MR) is 90.4 cm³/mol. The molecule has 2 N–H and O–H groups in total. The Kier molecular flexibility index (Phi) is 4.61. The summed E-state index contributed by atoms with van der Waals surface area (Å²) in [5.41, 5.74) is 0.377. The monoisotopic (exact) mass is 329 g/mol. The van der Waals surface area contributed by atoms with Crippen LogP contribution in [0.15, 0.2) is 38.8 Å². The highest BCUT2D eigenvalue weighted by atomic mass is 16.5. The lowest BCUT2D eigenvalue weighted by molar-refractivity contribution is 0.0934. The van der Waals surface area contributed by atoms with Gasteiger partial charge in [-0.3, -0.25) is 19.3 Å². The molecule has 1 saturated heterocycles. The van der Waals surface area contributed by atoms with Gasteiger partial charge in [-0.2, -0.15) is 0 Å². The van der Waals surface area contributed by atoms with Gasteiger partial charge in [0.1, 0.15) is 5.56 Å². The Bertz CT molecular complexity index is 859. The average Bonchev–Trinajstić information content (AvgIpc) is 3.06. The van der Waals surface area contributed by atoms with Gasteiger partial charge in [0.2, 0.25) is 5.88 Å². The first-order valence-electron chi connectivity index (χ1n) is 7.83. The van der Waals surface area contributed by atoms with Crippen molar-refractivity contribution in [2.45, 2.75) is 32.4 Å². The van der Waals surface area contributed by atoms with Crippen LogP contribution in [-0.2, 0) is 11.3 Å². The van der Waals surface area contributed by atoms with Crippen LogP contribution in [0.3, 0.4) is 0 Å². The molecule has 2 heterocycles. The molecule has 0 aliphatic carbocycles. The molecule has 3 rings (SSSR count). The summed E-state index contributed by atoms with van der Waals surface area (Å²) >= 11 is 0. The van der Waals surface area contributed by atoms with Gasteiger partial charge in [-0.1, -0.05) is 17.7 Å². The van der Waals surface area contributed by atoms with Crippen molar-refractivity contribution in [1.29, 1.82) is 0 Å². The molecule has 24 heavy (non-hydrogen) atoms. The van der Waals surface area contributed by atoms with Crippen LogP contribution in [0, 0.1) is 6.92 Å². The van der Waals surface area contributed by atoms with Gasteiger partial charge in [0.05, 0.1) is 18.3 Å². The zero-order chi connectivity index (χ0) is 17.1. The van der Waals surface area contributed by atoms with E-state index >= 15 is 0 Å². The zero-order valence-electron chi connectivity index (χ0n) is 13.4. The van der Waals surface area contributed by atoms with Crippen LogP contribution < -0.4 is 11.2 Å². The third-order valence-electron chi connectivity index (χ3n) is 3.99. The Morgan fingerprint density at radius 3 is 2.79 bits per heavy atom. The Morgan fingerprint density at radius 2 is 2.12 bits per heavy atom. The summed E-state index contributed by atoms with van der Waals surface area (Å²) in [6.07, 6.45) is 2.87. The highest BCUT2D eigenvalue weighted by Crippen LogP contribution is 2.17. The smallest absolute Gasteiger partial charge is 0.331 e. The minimum atomic E-state index is -0.669. The molecule has 0 spiro atoms. The van der Waals surface area contributed by atoms with Gasteiger partial charge < -0.3 is 9.84 Å². The summed E-state index contributed by atoms with van der Waals surface area (Å²) in [4.78, 5) is 30.3. The molecule has 1 aliphatic heterocycles. The van der Waals surface area contributed by atoms with Crippen LogP contribution in [0.1, 0.15) is 24.0 Å². The van der Waals surface area contributed by atoms with E-state index in [1.807, 2.05) is 19.1 Å². The molecular weight excluding hydrogens is 310 g/mol. The predicted octanol–water partition coefficient (Wildman–Crippen LogP) is 1.48. The summed E-state index contributed by atoms with van der Waals surface area (Å²) in [7, 11) is 0. The Morgan fingerprint density at radius 1 is 1.38 bits per heavy atom. The van der Waals surface area contributed by atoms with Gasteiger partial charge in [0.25, 0.3) is 5.56 Å². The Hall–Kier alpha value is -2.67. The fraction of sp³-hybridized carbons (Fsp3) is 0.353. The standard InChI is InChI=1S/C17H19N3O4/c1-11-4-6-12(7-5-11)18-9-14-15(21)19-17(23)20(16(14)22)10-13-3-2-8-24-13/h4-7,9,13,22H,2-3,8,10H2,1H3,(H,19,21,23). The van der Waals surface area contributed by atoms with Crippen molar-refractivity contribution >= 4 is 11.9 Å². The number of nitrogens with zero attached hydrogens (tertiary/aromatic N) is 2. The number of ether oxygens (including phenoxy) is 1. The quantitative estimate of drug-likeness (QED) is 0.830. The van der Waals surface area contributed by atoms with Crippen LogP contribution in [-0.4, -0.2) is 33.6 Å². The molecule has 1 unspecified atom stereocenters. The molecule has 1 aliphatic rings. The second-order valence-electron chi connectivity index (χ2n) is 5.84. The molecule has 7 heteroatoms. The number of aliphatic imine (C=N–C) groups is 1. The third-order valence-corrected chi connectivity index (χ3v) is 3.99. The minimum absolute atomic E-state index is 0.0480. The van der Waals surface area contributed by atoms with Crippen molar-refractivity contribution in [3.8, 4) is 5.88 Å². The van der Waals surface area contributed by atoms with E-state index in [0.717, 1.165) is 23.0 Å². The number of hydrogen-bond acceptors (Lipinski definition) is 5. The number of aromatic amines is 1. The largest absolute Gasteiger partial charge is 0.494 e. The molecule has 0 radical (unpaired) electrons. The lowest BCUT2D eigenvalue weighted by atomic mass is 10.2. The van der Waals surface area contributed by atoms with Gasteiger partial charge in [-0.25, -0.2) is 4.79 Å². The number of rotatable bonds is 4. The number of nitrogens with one attached hydrogen (secondary N) is 1. The van der Waals surface area contributed by atoms with Crippen molar-refractivity contribution < 1.29 is 9.84 Å². The second kappa shape index (κ2) is 6.84. The molecule has 0 amide bonds. The number of aromatic nitrogens is 2. The summed E-state index contributed by atoms with van der Waals surface area (Å²) < 4.78 is 6.60. The number of hydrogen-bond donors (Lipinski definition) is 2. The van der Waals surface area contributed by atoms with Crippen molar-refractivity contribution in [2.24, 2.45) is 4.99 Å². The maximum atomic E-state index is 12.0. The number of aromatic hydroxyl groups is 1. The average molecular weight is 329 g/mol. The summed E-state index contributed by atoms with van der Waals surface area (Å²) in [6.45, 7) is 2.81. The van der Waals surface area contributed by atoms with E-state index in [4.69, 9.17) is 4.74 Å². The summed E-state index contributed by atoms with van der Waals surface area (Å²) in [5.74, 6) is -0.393. The van der Waals surface area contributed by atoms with E-state index in [9.17, 15) is 14.7 Å². The second-order valence-corrected chi connectivity index (χ2v) is 5.84. The maximum Gasteiger partial charge on any atom is 0.331 e. The van der Waals surface area contributed by atoms with Crippen LogP contribution in [0.25, 0.3) is 0 Å². The van der Waals surface area contributed by atoms with Crippen LogP contribution in [0.2, 0.25) is 0 Å². The van der Waals surface area contributed by atoms with E-state index in [1.54, 1.807) is 12.1 Å². The van der Waals surface area contributed by atoms with E-state index in [0.29, 0.717) is 12.3 Å². The van der Waals surface area contributed by atoms with E-state index in [1.165, 1.54) is 6.21 Å². The third kappa shape index (κ3) is 3.46. The molecule has 7 nitrogen and oxygen atoms in total. The number of aryl methyl sites for hydroxylation is 1. The number of H-pyrrole nitrogens is 1. The van der Waals surface area contributed by atoms with Crippen molar-refractivity contribution in [1.82, 2.24) is 9.55 Å². The van der Waals surface area contributed by atoms with Crippen LogP contribution in [0.5, 0.6) is 5.88 Å². The lowest BCUT2D eigenvalue weighted by Gasteiger charge is -2.13. The van der Waals surface area contributed by atoms with Crippen LogP contribution in [0.4, 0.5) is 5.69 Å². The molecule has 1 aromatic carbocycles. The highest BCUT2D eigenvalue weighted by molar-refractivity contribution is 5.84. The topological polar surface area (TPSA) is 96.7 Å². The fourth-order valence-electron chi connectivity index (χ4n) is 2.62. The maximum absolute atomic E-state index is 12.0. The zero-order valence-corrected chi connectivity index (χ0v) is 13.4. The van der Waals surface area contributed by atoms with Gasteiger partial charge in [-0.15, -0.1) is 0 Å². The molecule has 0 bridgehead atoms. The van der Waals surface area contributed by atoms with Gasteiger partial charge in [0, 0.05) is 12.8 Å². The Labute approximate surface area is 138 Å². The minimum Gasteiger partial charge on any atom is -0.494 e. The van der Waals surface area contributed by atoms with Crippen molar-refractivity contribution in [2.75, 3.05) is 6.61 Å². The lowest BCUT2D eigenvalue weighted by Crippen LogP contribution is -2.34. The first-order chi connectivity index (χ1) is 11.5. The number of benzene rings is 1. The first-order valence-corrected chi connectivity index (χ1v) is 7.83. The summed E-state index contributed by atoms with van der Waals surface area (Å²) in [6, 6.07) is 7.41. The molecule has 1 fully saturated rings. The van der Waals surface area contributed by atoms with Gasteiger partial charge in [0.15, 0.2) is 0 Å². The SMILES string of the molecule is Cc1ccc(N=Cc2c(O)n(CC3CCCO3)c(=O)[nH]c2=O)cc1. The van der Waals surface area contributed by atoms with E-state index < -0.39 is 17.1 Å².